The highest BCUT2D eigenvalue weighted by Gasteiger charge is 2.36. The van der Waals surface area contributed by atoms with Gasteiger partial charge in [-0.2, -0.15) is 0 Å². The molecule has 7 heteroatoms. The van der Waals surface area contributed by atoms with Gasteiger partial charge in [-0.15, -0.1) is 0 Å². The molecule has 3 aromatic carbocycles. The van der Waals surface area contributed by atoms with Crippen molar-refractivity contribution in [1.29, 1.82) is 0 Å². The number of phenolic OH excluding ortho intramolecular Hbond substituents is 1. The third kappa shape index (κ3) is 2.62. The molecule has 1 aliphatic carbocycles. The summed E-state index contributed by atoms with van der Waals surface area (Å²) in [6.07, 6.45) is 0. The Morgan fingerprint density at radius 2 is 1.41 bits per heavy atom. The van der Waals surface area contributed by atoms with Crippen molar-refractivity contribution in [1.82, 2.24) is 0 Å². The number of hydrogen-bond donors (Lipinski definition) is 2. The lowest BCUT2D eigenvalue weighted by Crippen LogP contribution is -2.23. The summed E-state index contributed by atoms with van der Waals surface area (Å²) in [6.45, 7) is 0. The smallest absolute Gasteiger partial charge is 0.281 e. The SMILES string of the molecule is O=C1c2cccc([N+](=O)[O-])c2C(=O)c2cccc(Nc3ccc(O)cc3)c21. The van der Waals surface area contributed by atoms with E-state index < -0.39 is 16.5 Å². The summed E-state index contributed by atoms with van der Waals surface area (Å²) in [5.41, 5.74) is 0.769. The fourth-order valence-corrected chi connectivity index (χ4v) is 3.18. The molecular formula is C20H12N2O5. The number of hydrogen-bond acceptors (Lipinski definition) is 6. The van der Waals surface area contributed by atoms with Crippen LogP contribution < -0.4 is 5.32 Å². The molecule has 0 atom stereocenters. The van der Waals surface area contributed by atoms with Gasteiger partial charge in [0, 0.05) is 22.9 Å². The topological polar surface area (TPSA) is 110 Å². The molecule has 0 aliphatic heterocycles. The van der Waals surface area contributed by atoms with Crippen LogP contribution in [0.5, 0.6) is 5.75 Å². The highest BCUT2D eigenvalue weighted by atomic mass is 16.6. The number of nitro benzene ring substituents is 1. The van der Waals surface area contributed by atoms with Crippen LogP contribution in [-0.4, -0.2) is 21.6 Å². The Labute approximate surface area is 153 Å². The molecule has 0 heterocycles. The van der Waals surface area contributed by atoms with E-state index in [1.807, 2.05) is 0 Å². The van der Waals surface area contributed by atoms with E-state index in [0.29, 0.717) is 11.4 Å². The first kappa shape index (κ1) is 16.5. The molecule has 0 saturated carbocycles. The molecule has 0 saturated heterocycles. The minimum Gasteiger partial charge on any atom is -0.508 e. The zero-order valence-electron chi connectivity index (χ0n) is 13.8. The molecule has 132 valence electrons. The number of nitrogens with zero attached hydrogens (tertiary/aromatic N) is 1. The quantitative estimate of drug-likeness (QED) is 0.326. The highest BCUT2D eigenvalue weighted by molar-refractivity contribution is 6.31. The number of ketones is 2. The predicted octanol–water partition coefficient (Wildman–Crippen LogP) is 3.82. The molecule has 0 bridgehead atoms. The van der Waals surface area contributed by atoms with Crippen LogP contribution in [-0.2, 0) is 0 Å². The van der Waals surface area contributed by atoms with Crippen molar-refractivity contribution in [3.8, 4) is 5.75 Å². The summed E-state index contributed by atoms with van der Waals surface area (Å²) in [7, 11) is 0. The first-order valence-electron chi connectivity index (χ1n) is 8.03. The lowest BCUT2D eigenvalue weighted by molar-refractivity contribution is -0.385. The normalized spacial score (nSPS) is 12.3. The van der Waals surface area contributed by atoms with Crippen LogP contribution in [0.3, 0.4) is 0 Å². The average molecular weight is 360 g/mol. The van der Waals surface area contributed by atoms with E-state index in [1.165, 1.54) is 36.4 Å². The Morgan fingerprint density at radius 3 is 2.07 bits per heavy atom. The van der Waals surface area contributed by atoms with Crippen molar-refractivity contribution in [3.63, 3.8) is 0 Å². The number of rotatable bonds is 3. The second kappa shape index (κ2) is 6.06. The van der Waals surface area contributed by atoms with Gasteiger partial charge < -0.3 is 10.4 Å². The van der Waals surface area contributed by atoms with Gasteiger partial charge in [0.25, 0.3) is 5.69 Å². The van der Waals surface area contributed by atoms with Gasteiger partial charge in [0.15, 0.2) is 5.78 Å². The Balaban J connectivity index is 1.86. The maximum Gasteiger partial charge on any atom is 0.281 e. The van der Waals surface area contributed by atoms with Crippen LogP contribution in [0, 0.1) is 10.1 Å². The van der Waals surface area contributed by atoms with Gasteiger partial charge in [0.1, 0.15) is 11.3 Å². The van der Waals surface area contributed by atoms with Crippen LogP contribution >= 0.6 is 0 Å². The Kier molecular flexibility index (Phi) is 3.70. The van der Waals surface area contributed by atoms with Crippen molar-refractivity contribution < 1.29 is 19.6 Å². The third-order valence-electron chi connectivity index (χ3n) is 4.39. The number of carbonyl (C=O) groups excluding carboxylic acids is 2. The number of carbonyl (C=O) groups is 2. The monoisotopic (exact) mass is 360 g/mol. The minimum absolute atomic E-state index is 0.0154. The summed E-state index contributed by atoms with van der Waals surface area (Å²) in [5.74, 6) is -0.908. The van der Waals surface area contributed by atoms with Gasteiger partial charge in [0.2, 0.25) is 5.78 Å². The molecule has 4 rings (SSSR count). The van der Waals surface area contributed by atoms with Crippen molar-refractivity contribution in [2.24, 2.45) is 0 Å². The fraction of sp³-hybridized carbons (Fsp3) is 0. The first-order chi connectivity index (χ1) is 13.0. The largest absolute Gasteiger partial charge is 0.508 e. The maximum atomic E-state index is 13.0. The van der Waals surface area contributed by atoms with Crippen molar-refractivity contribution in [2.45, 2.75) is 0 Å². The zero-order chi connectivity index (χ0) is 19.1. The fourth-order valence-electron chi connectivity index (χ4n) is 3.18. The molecule has 27 heavy (non-hydrogen) atoms. The summed E-state index contributed by atoms with van der Waals surface area (Å²) in [4.78, 5) is 36.6. The highest BCUT2D eigenvalue weighted by Crippen LogP contribution is 2.36. The molecule has 3 aromatic rings. The lowest BCUT2D eigenvalue weighted by atomic mass is 9.82. The van der Waals surface area contributed by atoms with Crippen LogP contribution in [0.1, 0.15) is 31.8 Å². The summed E-state index contributed by atoms with van der Waals surface area (Å²) < 4.78 is 0. The van der Waals surface area contributed by atoms with Crippen LogP contribution in [0.15, 0.2) is 60.7 Å². The molecule has 0 amide bonds. The standard InChI is InChI=1S/C20H12N2O5/c23-12-9-7-11(8-10-12)21-15-5-1-3-13-17(15)19(24)14-4-2-6-16(22(26)27)18(14)20(13)25/h1-10,21,23H. The number of nitrogens with one attached hydrogen (secondary N) is 1. The van der Waals surface area contributed by atoms with Crippen LogP contribution in [0.25, 0.3) is 0 Å². The number of anilines is 2. The van der Waals surface area contributed by atoms with E-state index in [4.69, 9.17) is 0 Å². The second-order valence-corrected chi connectivity index (χ2v) is 6.02. The molecule has 0 unspecified atom stereocenters. The summed E-state index contributed by atoms with van der Waals surface area (Å²) >= 11 is 0. The zero-order valence-corrected chi connectivity index (χ0v) is 13.8. The molecule has 0 fully saturated rings. The van der Waals surface area contributed by atoms with E-state index >= 15 is 0 Å². The molecule has 2 N–H and O–H groups in total. The number of phenols is 1. The molecule has 0 aromatic heterocycles. The van der Waals surface area contributed by atoms with Gasteiger partial charge in [-0.1, -0.05) is 18.2 Å². The second-order valence-electron chi connectivity index (χ2n) is 6.02. The van der Waals surface area contributed by atoms with E-state index in [2.05, 4.69) is 5.32 Å². The van der Waals surface area contributed by atoms with E-state index in [0.717, 1.165) is 0 Å². The van der Waals surface area contributed by atoms with Gasteiger partial charge >= 0.3 is 0 Å². The van der Waals surface area contributed by atoms with Crippen molar-refractivity contribution in [2.75, 3.05) is 5.32 Å². The predicted molar refractivity (Wildman–Crippen MR) is 97.8 cm³/mol. The van der Waals surface area contributed by atoms with E-state index in [1.54, 1.807) is 24.3 Å². The molecule has 7 nitrogen and oxygen atoms in total. The van der Waals surface area contributed by atoms with Crippen molar-refractivity contribution >= 4 is 28.6 Å². The van der Waals surface area contributed by atoms with Gasteiger partial charge in [-0.3, -0.25) is 19.7 Å². The van der Waals surface area contributed by atoms with Gasteiger partial charge in [-0.25, -0.2) is 0 Å². The molecule has 0 spiro atoms. The molecular weight excluding hydrogens is 348 g/mol. The Bertz CT molecular complexity index is 1120. The lowest BCUT2D eigenvalue weighted by Gasteiger charge is -2.20. The first-order valence-corrected chi connectivity index (χ1v) is 8.03. The van der Waals surface area contributed by atoms with Crippen LogP contribution in [0.2, 0.25) is 0 Å². The summed E-state index contributed by atoms with van der Waals surface area (Å²) in [5, 5.41) is 23.7. The number of benzene rings is 3. The van der Waals surface area contributed by atoms with Crippen LogP contribution in [0.4, 0.5) is 17.1 Å². The van der Waals surface area contributed by atoms with E-state index in [9.17, 15) is 24.8 Å². The van der Waals surface area contributed by atoms with E-state index in [-0.39, 0.29) is 33.7 Å². The maximum absolute atomic E-state index is 13.0. The Morgan fingerprint density at radius 1 is 0.815 bits per heavy atom. The Hall–Kier alpha value is -4.00. The molecule has 0 radical (unpaired) electrons. The van der Waals surface area contributed by atoms with Crippen molar-refractivity contribution in [3.05, 3.63) is 93.0 Å². The van der Waals surface area contributed by atoms with Gasteiger partial charge in [0.05, 0.1) is 16.2 Å². The average Bonchev–Trinajstić information content (AvgIpc) is 2.67. The van der Waals surface area contributed by atoms with Gasteiger partial charge in [-0.05, 0) is 36.4 Å². The summed E-state index contributed by atoms with van der Waals surface area (Å²) in [6, 6.07) is 15.0. The third-order valence-corrected chi connectivity index (χ3v) is 4.39. The number of aromatic hydroxyl groups is 1. The minimum atomic E-state index is -0.659. The molecule has 1 aliphatic rings. The number of fused-ring (bicyclic) bond motifs is 2. The number of nitro groups is 1.